The smallest absolute Gasteiger partial charge is 0.306 e. The number of carboxylic acids is 1. The fraction of sp³-hybridized carbons (Fsp3) is 0.529. The number of carboxylic acid groups (broad SMARTS) is 1. The largest absolute Gasteiger partial charge is 0.481 e. The molecule has 0 radical (unpaired) electrons. The van der Waals surface area contributed by atoms with Gasteiger partial charge in [-0.25, -0.2) is 0 Å². The van der Waals surface area contributed by atoms with E-state index in [1.54, 1.807) is 0 Å². The molecular weight excluding hydrogens is 250 g/mol. The zero-order valence-electron chi connectivity index (χ0n) is 11.9. The van der Waals surface area contributed by atoms with E-state index in [1.165, 1.54) is 6.42 Å². The summed E-state index contributed by atoms with van der Waals surface area (Å²) in [4.78, 5) is 11.5. The molecule has 3 nitrogen and oxygen atoms in total. The Kier molecular flexibility index (Phi) is 4.44. The molecule has 3 heteroatoms. The fourth-order valence-corrected chi connectivity index (χ4v) is 3.38. The second-order valence-corrected chi connectivity index (χ2v) is 5.97. The van der Waals surface area contributed by atoms with Crippen molar-refractivity contribution < 1.29 is 9.90 Å². The lowest BCUT2D eigenvalue weighted by Crippen LogP contribution is -2.38. The van der Waals surface area contributed by atoms with Crippen LogP contribution in [0.5, 0.6) is 0 Å². The van der Waals surface area contributed by atoms with E-state index in [0.29, 0.717) is 5.56 Å². The maximum absolute atomic E-state index is 11.5. The molecule has 20 heavy (non-hydrogen) atoms. The summed E-state index contributed by atoms with van der Waals surface area (Å²) in [6.07, 6.45) is 6.22. The monoisotopic (exact) mass is 271 g/mol. The summed E-state index contributed by atoms with van der Waals surface area (Å²) in [5, 5.41) is 18.3. The molecule has 1 aliphatic carbocycles. The summed E-state index contributed by atoms with van der Waals surface area (Å²) in [7, 11) is 0. The molecule has 0 amide bonds. The van der Waals surface area contributed by atoms with Gasteiger partial charge in [0.25, 0.3) is 0 Å². The van der Waals surface area contributed by atoms with E-state index < -0.39 is 5.97 Å². The molecule has 1 fully saturated rings. The van der Waals surface area contributed by atoms with Gasteiger partial charge in [-0.3, -0.25) is 4.79 Å². The van der Waals surface area contributed by atoms with E-state index in [9.17, 15) is 9.90 Å². The molecule has 0 saturated heterocycles. The minimum absolute atomic E-state index is 0.127. The molecule has 1 atom stereocenters. The lowest BCUT2D eigenvalue weighted by Gasteiger charge is -2.40. The first-order valence-corrected chi connectivity index (χ1v) is 7.29. The molecule has 0 heterocycles. The molecule has 1 aromatic rings. The summed E-state index contributed by atoms with van der Waals surface area (Å²) >= 11 is 0. The number of nitriles is 1. The highest BCUT2D eigenvalue weighted by Crippen LogP contribution is 2.45. The van der Waals surface area contributed by atoms with E-state index in [-0.39, 0.29) is 11.3 Å². The van der Waals surface area contributed by atoms with Crippen LogP contribution in [0, 0.1) is 22.7 Å². The van der Waals surface area contributed by atoms with Crippen LogP contribution in [0.1, 0.15) is 50.2 Å². The SMILES string of the molecule is CC(C(=O)O)C1(Cc2ccc(C#N)cc2)CCCCC1. The van der Waals surface area contributed by atoms with Crippen molar-refractivity contribution >= 4 is 5.97 Å². The first-order chi connectivity index (χ1) is 9.57. The van der Waals surface area contributed by atoms with Gasteiger partial charge in [-0.05, 0) is 42.4 Å². The Labute approximate surface area is 120 Å². The van der Waals surface area contributed by atoms with E-state index in [1.807, 2.05) is 31.2 Å². The lowest BCUT2D eigenvalue weighted by molar-refractivity contribution is -0.147. The molecule has 106 valence electrons. The highest BCUT2D eigenvalue weighted by Gasteiger charge is 2.40. The van der Waals surface area contributed by atoms with Crippen LogP contribution in [0.2, 0.25) is 0 Å². The maximum atomic E-state index is 11.5. The number of hydrogen-bond acceptors (Lipinski definition) is 2. The number of rotatable bonds is 4. The molecule has 1 N–H and O–H groups in total. The Morgan fingerprint density at radius 2 is 1.90 bits per heavy atom. The van der Waals surface area contributed by atoms with Crippen molar-refractivity contribution in [3.05, 3.63) is 35.4 Å². The Bertz CT molecular complexity index is 507. The van der Waals surface area contributed by atoms with Gasteiger partial charge in [0.2, 0.25) is 0 Å². The van der Waals surface area contributed by atoms with Crippen molar-refractivity contribution in [2.24, 2.45) is 11.3 Å². The molecule has 0 spiro atoms. The predicted molar refractivity (Wildman–Crippen MR) is 77.2 cm³/mol. The van der Waals surface area contributed by atoms with Gasteiger partial charge < -0.3 is 5.11 Å². The van der Waals surface area contributed by atoms with Crippen LogP contribution in [0.4, 0.5) is 0 Å². The molecule has 1 saturated carbocycles. The van der Waals surface area contributed by atoms with Crippen molar-refractivity contribution in [1.29, 1.82) is 5.26 Å². The molecule has 0 aliphatic heterocycles. The first-order valence-electron chi connectivity index (χ1n) is 7.29. The maximum Gasteiger partial charge on any atom is 0.306 e. The second kappa shape index (κ2) is 6.09. The molecule has 1 aliphatic rings. The van der Waals surface area contributed by atoms with Gasteiger partial charge in [0.1, 0.15) is 0 Å². The van der Waals surface area contributed by atoms with E-state index in [4.69, 9.17) is 5.26 Å². The molecule has 2 rings (SSSR count). The van der Waals surface area contributed by atoms with Crippen molar-refractivity contribution in [1.82, 2.24) is 0 Å². The van der Waals surface area contributed by atoms with Crippen LogP contribution >= 0.6 is 0 Å². The van der Waals surface area contributed by atoms with Crippen LogP contribution in [-0.4, -0.2) is 11.1 Å². The highest BCUT2D eigenvalue weighted by atomic mass is 16.4. The van der Waals surface area contributed by atoms with Gasteiger partial charge in [0.15, 0.2) is 0 Å². The zero-order valence-corrected chi connectivity index (χ0v) is 11.9. The fourth-order valence-electron chi connectivity index (χ4n) is 3.38. The number of benzene rings is 1. The summed E-state index contributed by atoms with van der Waals surface area (Å²) in [6, 6.07) is 9.67. The average Bonchev–Trinajstić information content (AvgIpc) is 2.48. The number of aliphatic carboxylic acids is 1. The number of hydrogen-bond donors (Lipinski definition) is 1. The van der Waals surface area contributed by atoms with Gasteiger partial charge in [-0.1, -0.05) is 38.3 Å². The van der Waals surface area contributed by atoms with E-state index in [0.717, 1.165) is 37.7 Å². The van der Waals surface area contributed by atoms with E-state index >= 15 is 0 Å². The Morgan fingerprint density at radius 1 is 1.30 bits per heavy atom. The standard InChI is InChI=1S/C17H21NO2/c1-13(16(19)20)17(9-3-2-4-10-17)11-14-5-7-15(12-18)8-6-14/h5-8,13H,2-4,9-11H2,1H3,(H,19,20). The van der Waals surface area contributed by atoms with Crippen molar-refractivity contribution in [2.45, 2.75) is 45.4 Å². The molecule has 0 aromatic heterocycles. The number of nitrogens with zero attached hydrogens (tertiary/aromatic N) is 1. The molecule has 1 aromatic carbocycles. The third-order valence-electron chi connectivity index (χ3n) is 4.78. The van der Waals surface area contributed by atoms with Gasteiger partial charge in [-0.2, -0.15) is 5.26 Å². The van der Waals surface area contributed by atoms with Crippen LogP contribution in [0.25, 0.3) is 0 Å². The van der Waals surface area contributed by atoms with Crippen LogP contribution in [-0.2, 0) is 11.2 Å². The highest BCUT2D eigenvalue weighted by molar-refractivity contribution is 5.70. The summed E-state index contributed by atoms with van der Waals surface area (Å²) in [5.74, 6) is -1.01. The number of carbonyl (C=O) groups is 1. The van der Waals surface area contributed by atoms with Gasteiger partial charge >= 0.3 is 5.97 Å². The first kappa shape index (κ1) is 14.6. The van der Waals surface area contributed by atoms with Gasteiger partial charge in [0, 0.05) is 0 Å². The van der Waals surface area contributed by atoms with Gasteiger partial charge in [0.05, 0.1) is 17.6 Å². The van der Waals surface area contributed by atoms with Crippen molar-refractivity contribution in [3.63, 3.8) is 0 Å². The quantitative estimate of drug-likeness (QED) is 0.906. The third-order valence-corrected chi connectivity index (χ3v) is 4.78. The van der Waals surface area contributed by atoms with Crippen LogP contribution in [0.3, 0.4) is 0 Å². The second-order valence-electron chi connectivity index (χ2n) is 5.97. The Morgan fingerprint density at radius 3 is 2.40 bits per heavy atom. The topological polar surface area (TPSA) is 61.1 Å². The van der Waals surface area contributed by atoms with Crippen LogP contribution < -0.4 is 0 Å². The van der Waals surface area contributed by atoms with Crippen molar-refractivity contribution in [2.75, 3.05) is 0 Å². The van der Waals surface area contributed by atoms with Gasteiger partial charge in [-0.15, -0.1) is 0 Å². The lowest BCUT2D eigenvalue weighted by atomic mass is 9.63. The predicted octanol–water partition coefficient (Wildman–Crippen LogP) is 3.77. The zero-order chi connectivity index (χ0) is 14.6. The molecule has 0 bridgehead atoms. The Hall–Kier alpha value is -1.82. The minimum Gasteiger partial charge on any atom is -0.481 e. The van der Waals surface area contributed by atoms with E-state index in [2.05, 4.69) is 6.07 Å². The summed E-state index contributed by atoms with van der Waals surface area (Å²) in [6.45, 7) is 1.84. The van der Waals surface area contributed by atoms with Crippen molar-refractivity contribution in [3.8, 4) is 6.07 Å². The van der Waals surface area contributed by atoms with Crippen LogP contribution in [0.15, 0.2) is 24.3 Å². The summed E-state index contributed by atoms with van der Waals surface area (Å²) in [5.41, 5.74) is 1.66. The normalized spacial score (nSPS) is 19.0. The average molecular weight is 271 g/mol. The minimum atomic E-state index is -0.694. The molecular formula is C17H21NO2. The third kappa shape index (κ3) is 3.01. The summed E-state index contributed by atoms with van der Waals surface area (Å²) < 4.78 is 0. The Balaban J connectivity index is 2.23. The molecule has 1 unspecified atom stereocenters.